The molecule has 1 heterocycles. The van der Waals surface area contributed by atoms with Gasteiger partial charge in [-0.3, -0.25) is 9.48 Å². The van der Waals surface area contributed by atoms with Gasteiger partial charge in [0, 0.05) is 25.2 Å². The quantitative estimate of drug-likeness (QED) is 0.802. The number of aryl methyl sites for hydroxylation is 1. The van der Waals surface area contributed by atoms with Crippen LogP contribution in [0.25, 0.3) is 0 Å². The van der Waals surface area contributed by atoms with E-state index in [2.05, 4.69) is 5.10 Å². The van der Waals surface area contributed by atoms with Gasteiger partial charge < -0.3 is 0 Å². The Balaban J connectivity index is 2.23. The van der Waals surface area contributed by atoms with Crippen molar-refractivity contribution >= 4 is 29.0 Å². The first kappa shape index (κ1) is 12.1. The molecule has 2 rings (SSSR count). The molecule has 0 unspecified atom stereocenters. The fraction of sp³-hybridized carbons (Fsp3) is 0.167. The maximum absolute atomic E-state index is 12.0. The van der Waals surface area contributed by atoms with Crippen molar-refractivity contribution in [3.63, 3.8) is 0 Å². The molecule has 0 N–H and O–H groups in total. The number of ketones is 1. The second kappa shape index (κ2) is 4.90. The Morgan fingerprint density at radius 2 is 2.18 bits per heavy atom. The zero-order valence-electron chi connectivity index (χ0n) is 9.15. The molecule has 0 saturated carbocycles. The van der Waals surface area contributed by atoms with Gasteiger partial charge in [-0.25, -0.2) is 0 Å². The Labute approximate surface area is 109 Å². The second-order valence-electron chi connectivity index (χ2n) is 3.72. The molecule has 0 atom stereocenters. The SMILES string of the molecule is Cn1cc(CC(=O)c2cccc(Cl)c2Cl)cn1. The molecule has 3 nitrogen and oxygen atoms in total. The molecule has 88 valence electrons. The van der Waals surface area contributed by atoms with Gasteiger partial charge in [0.25, 0.3) is 0 Å². The smallest absolute Gasteiger partial charge is 0.168 e. The average molecular weight is 269 g/mol. The first-order chi connectivity index (χ1) is 8.08. The molecule has 0 bridgehead atoms. The van der Waals surface area contributed by atoms with E-state index >= 15 is 0 Å². The van der Waals surface area contributed by atoms with E-state index in [1.54, 1.807) is 42.3 Å². The number of halogens is 2. The van der Waals surface area contributed by atoms with E-state index in [-0.39, 0.29) is 12.2 Å². The number of nitrogens with zero attached hydrogens (tertiary/aromatic N) is 2. The molecule has 0 fully saturated rings. The highest BCUT2D eigenvalue weighted by Crippen LogP contribution is 2.26. The van der Waals surface area contributed by atoms with Crippen LogP contribution in [0, 0.1) is 0 Å². The largest absolute Gasteiger partial charge is 0.294 e. The summed E-state index contributed by atoms with van der Waals surface area (Å²) in [7, 11) is 1.81. The van der Waals surface area contributed by atoms with Gasteiger partial charge in [-0.2, -0.15) is 5.10 Å². The summed E-state index contributed by atoms with van der Waals surface area (Å²) in [4.78, 5) is 12.0. The first-order valence-electron chi connectivity index (χ1n) is 5.02. The lowest BCUT2D eigenvalue weighted by Gasteiger charge is -2.03. The maximum Gasteiger partial charge on any atom is 0.168 e. The van der Waals surface area contributed by atoms with Crippen molar-refractivity contribution < 1.29 is 4.79 Å². The van der Waals surface area contributed by atoms with Gasteiger partial charge in [0.15, 0.2) is 5.78 Å². The van der Waals surface area contributed by atoms with Crippen LogP contribution in [0.5, 0.6) is 0 Å². The van der Waals surface area contributed by atoms with Crippen LogP contribution in [-0.2, 0) is 13.5 Å². The normalized spacial score (nSPS) is 10.5. The fourth-order valence-electron chi connectivity index (χ4n) is 1.56. The summed E-state index contributed by atoms with van der Waals surface area (Å²) in [5, 5.41) is 4.71. The Kier molecular flexibility index (Phi) is 3.50. The van der Waals surface area contributed by atoms with Crippen molar-refractivity contribution in [2.75, 3.05) is 0 Å². The van der Waals surface area contributed by atoms with Gasteiger partial charge in [0.05, 0.1) is 16.2 Å². The molecule has 5 heteroatoms. The third-order valence-corrected chi connectivity index (χ3v) is 3.19. The van der Waals surface area contributed by atoms with Crippen molar-refractivity contribution in [2.24, 2.45) is 7.05 Å². The second-order valence-corrected chi connectivity index (χ2v) is 4.51. The number of Topliss-reactive ketones (excluding diaryl/α,β-unsaturated/α-hetero) is 1. The van der Waals surface area contributed by atoms with E-state index in [4.69, 9.17) is 23.2 Å². The van der Waals surface area contributed by atoms with Crippen molar-refractivity contribution in [3.8, 4) is 0 Å². The zero-order chi connectivity index (χ0) is 12.4. The van der Waals surface area contributed by atoms with Crippen LogP contribution < -0.4 is 0 Å². The minimum atomic E-state index is -0.0644. The summed E-state index contributed by atoms with van der Waals surface area (Å²) in [6.45, 7) is 0. The highest BCUT2D eigenvalue weighted by atomic mass is 35.5. The number of carbonyl (C=O) groups excluding carboxylic acids is 1. The van der Waals surface area contributed by atoms with E-state index in [1.165, 1.54) is 0 Å². The first-order valence-corrected chi connectivity index (χ1v) is 5.78. The summed E-state index contributed by atoms with van der Waals surface area (Å²) in [5.41, 5.74) is 1.30. The maximum atomic E-state index is 12.0. The van der Waals surface area contributed by atoms with Crippen LogP contribution in [0.2, 0.25) is 10.0 Å². The Hall–Kier alpha value is -1.32. The number of aromatic nitrogens is 2. The van der Waals surface area contributed by atoms with Gasteiger partial charge in [0.1, 0.15) is 0 Å². The molecule has 0 saturated heterocycles. The molecule has 0 radical (unpaired) electrons. The topological polar surface area (TPSA) is 34.9 Å². The van der Waals surface area contributed by atoms with E-state index in [0.29, 0.717) is 15.6 Å². The molecular weight excluding hydrogens is 259 g/mol. The summed E-state index contributed by atoms with van der Waals surface area (Å²) in [6, 6.07) is 5.04. The highest BCUT2D eigenvalue weighted by Gasteiger charge is 2.13. The summed E-state index contributed by atoms with van der Waals surface area (Å²) >= 11 is 11.9. The van der Waals surface area contributed by atoms with E-state index < -0.39 is 0 Å². The molecule has 0 aliphatic carbocycles. The van der Waals surface area contributed by atoms with Gasteiger partial charge in [-0.1, -0.05) is 29.3 Å². The fourth-order valence-corrected chi connectivity index (χ4v) is 1.97. The lowest BCUT2D eigenvalue weighted by Crippen LogP contribution is -2.03. The molecule has 0 spiro atoms. The van der Waals surface area contributed by atoms with E-state index in [1.807, 2.05) is 0 Å². The van der Waals surface area contributed by atoms with Crippen LogP contribution in [0.15, 0.2) is 30.6 Å². The number of benzene rings is 1. The van der Waals surface area contributed by atoms with Crippen LogP contribution in [-0.4, -0.2) is 15.6 Å². The summed E-state index contributed by atoms with van der Waals surface area (Å²) < 4.78 is 1.65. The van der Waals surface area contributed by atoms with Gasteiger partial charge in [-0.05, 0) is 17.7 Å². The van der Waals surface area contributed by atoms with Gasteiger partial charge >= 0.3 is 0 Å². The van der Waals surface area contributed by atoms with Crippen molar-refractivity contribution in [1.29, 1.82) is 0 Å². The van der Waals surface area contributed by atoms with Crippen molar-refractivity contribution in [3.05, 3.63) is 51.8 Å². The predicted molar refractivity (Wildman–Crippen MR) is 67.7 cm³/mol. The third kappa shape index (κ3) is 2.68. The zero-order valence-corrected chi connectivity index (χ0v) is 10.7. The molecule has 2 aromatic rings. The van der Waals surface area contributed by atoms with Crippen LogP contribution in [0.3, 0.4) is 0 Å². The molecule has 0 aliphatic rings. The Bertz CT molecular complexity index is 563. The summed E-state index contributed by atoms with van der Waals surface area (Å²) in [5.74, 6) is -0.0644. The molecule has 17 heavy (non-hydrogen) atoms. The lowest BCUT2D eigenvalue weighted by atomic mass is 10.1. The van der Waals surface area contributed by atoms with Crippen LogP contribution in [0.1, 0.15) is 15.9 Å². The average Bonchev–Trinajstić information content (AvgIpc) is 2.68. The molecule has 0 amide bonds. The minimum absolute atomic E-state index is 0.0644. The summed E-state index contributed by atoms with van der Waals surface area (Å²) in [6.07, 6.45) is 3.74. The number of hydrogen-bond donors (Lipinski definition) is 0. The minimum Gasteiger partial charge on any atom is -0.294 e. The van der Waals surface area contributed by atoms with E-state index in [0.717, 1.165) is 5.56 Å². The van der Waals surface area contributed by atoms with Gasteiger partial charge in [0.2, 0.25) is 0 Å². The van der Waals surface area contributed by atoms with Gasteiger partial charge in [-0.15, -0.1) is 0 Å². The molecule has 1 aromatic heterocycles. The Morgan fingerprint density at radius 3 is 2.82 bits per heavy atom. The predicted octanol–water partition coefficient (Wildman–Crippen LogP) is 3.15. The lowest BCUT2D eigenvalue weighted by molar-refractivity contribution is 0.0993. The number of carbonyl (C=O) groups is 1. The standard InChI is InChI=1S/C12H10Cl2N2O/c1-16-7-8(6-15-16)5-11(17)9-3-2-4-10(13)12(9)14/h2-4,6-7H,5H2,1H3. The van der Waals surface area contributed by atoms with Crippen LogP contribution >= 0.6 is 23.2 Å². The third-order valence-electron chi connectivity index (χ3n) is 2.38. The van der Waals surface area contributed by atoms with Crippen LogP contribution in [0.4, 0.5) is 0 Å². The molecular formula is C12H10Cl2N2O. The number of hydrogen-bond acceptors (Lipinski definition) is 2. The molecule has 0 aliphatic heterocycles. The monoisotopic (exact) mass is 268 g/mol. The highest BCUT2D eigenvalue weighted by molar-refractivity contribution is 6.43. The number of rotatable bonds is 3. The van der Waals surface area contributed by atoms with Crippen molar-refractivity contribution in [1.82, 2.24) is 9.78 Å². The Morgan fingerprint density at radius 1 is 1.41 bits per heavy atom. The molecule has 1 aromatic carbocycles. The van der Waals surface area contributed by atoms with Crippen molar-refractivity contribution in [2.45, 2.75) is 6.42 Å². The van der Waals surface area contributed by atoms with E-state index in [9.17, 15) is 4.79 Å².